The lowest BCUT2D eigenvalue weighted by Crippen LogP contribution is -2.50. The van der Waals surface area contributed by atoms with E-state index in [2.05, 4.69) is 12.2 Å². The maximum absolute atomic E-state index is 12.4. The molecule has 21 heavy (non-hydrogen) atoms. The molecule has 4 heteroatoms. The largest absolute Gasteiger partial charge is 0.497 e. The molecule has 116 valence electrons. The molecule has 0 amide bonds. The molecule has 1 aliphatic carbocycles. The molecule has 0 aliphatic heterocycles. The maximum Gasteiger partial charge on any atom is 0.331 e. The van der Waals surface area contributed by atoms with Gasteiger partial charge >= 0.3 is 5.97 Å². The third kappa shape index (κ3) is 3.49. The fraction of sp³-hybridized carbons (Fsp3) is 0.588. The van der Waals surface area contributed by atoms with Crippen LogP contribution in [-0.2, 0) is 9.53 Å². The van der Waals surface area contributed by atoms with Gasteiger partial charge in [0.15, 0.2) is 0 Å². The Kier molecular flexibility index (Phi) is 5.10. The van der Waals surface area contributed by atoms with E-state index in [1.54, 1.807) is 7.11 Å². The van der Waals surface area contributed by atoms with Crippen LogP contribution in [0, 0.1) is 5.92 Å². The van der Waals surface area contributed by atoms with E-state index in [1.165, 1.54) is 13.5 Å². The molecule has 0 heterocycles. The van der Waals surface area contributed by atoms with Crippen molar-refractivity contribution in [1.82, 2.24) is 0 Å². The van der Waals surface area contributed by atoms with Gasteiger partial charge in [0.2, 0.25) is 0 Å². The van der Waals surface area contributed by atoms with E-state index >= 15 is 0 Å². The Labute approximate surface area is 126 Å². The molecule has 1 N–H and O–H groups in total. The zero-order valence-corrected chi connectivity index (χ0v) is 13.1. The molecule has 1 aliphatic rings. The number of ether oxygens (including phenoxy) is 2. The number of methoxy groups -OCH3 is 2. The first-order valence-electron chi connectivity index (χ1n) is 7.64. The van der Waals surface area contributed by atoms with Crippen LogP contribution >= 0.6 is 0 Å². The molecule has 2 atom stereocenters. The van der Waals surface area contributed by atoms with Crippen molar-refractivity contribution in [3.8, 4) is 5.75 Å². The summed E-state index contributed by atoms with van der Waals surface area (Å²) in [5.41, 5.74) is 0.288. The van der Waals surface area contributed by atoms with Crippen molar-refractivity contribution in [2.75, 3.05) is 19.5 Å². The fourth-order valence-corrected chi connectivity index (χ4v) is 3.26. The molecule has 1 aromatic rings. The number of carbonyl (C=O) groups is 1. The molecule has 1 saturated carbocycles. The number of hydrogen-bond donors (Lipinski definition) is 1. The van der Waals surface area contributed by atoms with Crippen LogP contribution in [0.15, 0.2) is 24.3 Å². The average Bonchev–Trinajstić information content (AvgIpc) is 2.54. The van der Waals surface area contributed by atoms with E-state index in [-0.39, 0.29) is 5.97 Å². The third-order valence-corrected chi connectivity index (χ3v) is 4.46. The van der Waals surface area contributed by atoms with Gasteiger partial charge in [0.1, 0.15) is 11.3 Å². The zero-order valence-electron chi connectivity index (χ0n) is 13.1. The van der Waals surface area contributed by atoms with Crippen molar-refractivity contribution in [2.45, 2.75) is 44.6 Å². The molecule has 0 saturated heterocycles. The molecular weight excluding hydrogens is 266 g/mol. The van der Waals surface area contributed by atoms with Crippen molar-refractivity contribution < 1.29 is 14.3 Å². The van der Waals surface area contributed by atoms with Crippen LogP contribution in [0.1, 0.15) is 39.0 Å². The number of esters is 1. The van der Waals surface area contributed by atoms with E-state index in [4.69, 9.17) is 9.47 Å². The van der Waals surface area contributed by atoms with E-state index < -0.39 is 5.54 Å². The minimum Gasteiger partial charge on any atom is -0.497 e. The first-order valence-corrected chi connectivity index (χ1v) is 7.64. The summed E-state index contributed by atoms with van der Waals surface area (Å²) in [7, 11) is 3.11. The van der Waals surface area contributed by atoms with Gasteiger partial charge in [0, 0.05) is 11.8 Å². The Morgan fingerprint density at radius 3 is 2.90 bits per heavy atom. The highest BCUT2D eigenvalue weighted by molar-refractivity contribution is 5.84. The third-order valence-electron chi connectivity index (χ3n) is 4.46. The summed E-state index contributed by atoms with van der Waals surface area (Å²) in [5.74, 6) is 1.18. The molecule has 4 nitrogen and oxygen atoms in total. The molecule has 2 unspecified atom stereocenters. The standard InChI is InChI=1S/C17H25NO3/c1-4-13-7-6-10-17(12-13,16(19)21-3)18-14-8-5-9-15(11-14)20-2/h5,8-9,11,13,18H,4,6-7,10,12H2,1-3H3. The van der Waals surface area contributed by atoms with E-state index in [0.717, 1.165) is 37.1 Å². The summed E-state index contributed by atoms with van der Waals surface area (Å²) in [5, 5.41) is 3.43. The number of nitrogens with one attached hydrogen (secondary N) is 1. The SMILES string of the molecule is CCC1CCCC(Nc2cccc(OC)c2)(C(=O)OC)C1. The second-order valence-corrected chi connectivity index (χ2v) is 5.80. The minimum absolute atomic E-state index is 0.163. The molecule has 0 aromatic heterocycles. The summed E-state index contributed by atoms with van der Waals surface area (Å²) in [6, 6.07) is 7.70. The maximum atomic E-state index is 12.4. The molecule has 2 rings (SSSR count). The van der Waals surface area contributed by atoms with Crippen LogP contribution in [0.4, 0.5) is 5.69 Å². The Bertz CT molecular complexity index is 489. The normalized spacial score (nSPS) is 25.2. The first kappa shape index (κ1) is 15.7. The monoisotopic (exact) mass is 291 g/mol. The predicted molar refractivity (Wildman–Crippen MR) is 83.6 cm³/mol. The molecule has 0 bridgehead atoms. The van der Waals surface area contributed by atoms with Gasteiger partial charge in [-0.3, -0.25) is 0 Å². The van der Waals surface area contributed by atoms with Crippen molar-refractivity contribution in [2.24, 2.45) is 5.92 Å². The van der Waals surface area contributed by atoms with Gasteiger partial charge in [-0.05, 0) is 30.9 Å². The van der Waals surface area contributed by atoms with Gasteiger partial charge in [-0.15, -0.1) is 0 Å². The summed E-state index contributed by atoms with van der Waals surface area (Å²) in [4.78, 5) is 12.4. The van der Waals surface area contributed by atoms with Gasteiger partial charge in [-0.1, -0.05) is 32.3 Å². The van der Waals surface area contributed by atoms with Gasteiger partial charge in [-0.2, -0.15) is 0 Å². The van der Waals surface area contributed by atoms with Crippen LogP contribution in [0.25, 0.3) is 0 Å². The van der Waals surface area contributed by atoms with Crippen molar-refractivity contribution in [1.29, 1.82) is 0 Å². The smallest absolute Gasteiger partial charge is 0.331 e. The molecule has 0 radical (unpaired) electrons. The van der Waals surface area contributed by atoms with Gasteiger partial charge < -0.3 is 14.8 Å². The lowest BCUT2D eigenvalue weighted by Gasteiger charge is -2.39. The quantitative estimate of drug-likeness (QED) is 0.842. The number of anilines is 1. The van der Waals surface area contributed by atoms with E-state index in [9.17, 15) is 4.79 Å². The molecule has 0 spiro atoms. The van der Waals surface area contributed by atoms with E-state index in [0.29, 0.717) is 5.92 Å². The second kappa shape index (κ2) is 6.83. The highest BCUT2D eigenvalue weighted by atomic mass is 16.5. The fourth-order valence-electron chi connectivity index (χ4n) is 3.26. The van der Waals surface area contributed by atoms with Gasteiger partial charge in [0.25, 0.3) is 0 Å². The topological polar surface area (TPSA) is 47.6 Å². The van der Waals surface area contributed by atoms with Crippen LogP contribution < -0.4 is 10.1 Å². The van der Waals surface area contributed by atoms with Gasteiger partial charge in [-0.25, -0.2) is 4.79 Å². The number of carbonyl (C=O) groups excluding carboxylic acids is 1. The molecule has 1 fully saturated rings. The van der Waals surface area contributed by atoms with Crippen molar-refractivity contribution >= 4 is 11.7 Å². The Morgan fingerprint density at radius 2 is 2.24 bits per heavy atom. The van der Waals surface area contributed by atoms with Crippen LogP contribution in [0.3, 0.4) is 0 Å². The second-order valence-electron chi connectivity index (χ2n) is 5.80. The molecule has 1 aromatic carbocycles. The minimum atomic E-state index is -0.611. The summed E-state index contributed by atoms with van der Waals surface area (Å²) < 4.78 is 10.3. The summed E-state index contributed by atoms with van der Waals surface area (Å²) >= 11 is 0. The summed E-state index contributed by atoms with van der Waals surface area (Å²) in [6.07, 6.45) is 4.97. The first-order chi connectivity index (χ1) is 10.1. The lowest BCUT2D eigenvalue weighted by atomic mass is 9.74. The lowest BCUT2D eigenvalue weighted by molar-refractivity contribution is -0.147. The Morgan fingerprint density at radius 1 is 1.43 bits per heavy atom. The Hall–Kier alpha value is -1.71. The predicted octanol–water partition coefficient (Wildman–Crippen LogP) is 3.62. The Balaban J connectivity index is 2.25. The summed E-state index contributed by atoms with van der Waals surface area (Å²) in [6.45, 7) is 2.18. The molecular formula is C17H25NO3. The van der Waals surface area contributed by atoms with Crippen LogP contribution in [-0.4, -0.2) is 25.7 Å². The van der Waals surface area contributed by atoms with Crippen LogP contribution in [0.5, 0.6) is 5.75 Å². The number of hydrogen-bond acceptors (Lipinski definition) is 4. The van der Waals surface area contributed by atoms with E-state index in [1.807, 2.05) is 24.3 Å². The van der Waals surface area contributed by atoms with Crippen molar-refractivity contribution in [3.63, 3.8) is 0 Å². The number of benzene rings is 1. The zero-order chi connectivity index (χ0) is 15.3. The highest BCUT2D eigenvalue weighted by Gasteiger charge is 2.43. The highest BCUT2D eigenvalue weighted by Crippen LogP contribution is 2.38. The van der Waals surface area contributed by atoms with Crippen LogP contribution in [0.2, 0.25) is 0 Å². The van der Waals surface area contributed by atoms with Crippen molar-refractivity contribution in [3.05, 3.63) is 24.3 Å². The average molecular weight is 291 g/mol. The number of rotatable bonds is 5. The van der Waals surface area contributed by atoms with Gasteiger partial charge in [0.05, 0.1) is 14.2 Å².